The molecular weight excluding hydrogens is 222 g/mol. The quantitative estimate of drug-likeness (QED) is 0.641. The van der Waals surface area contributed by atoms with E-state index in [1.165, 1.54) is 6.20 Å². The second kappa shape index (κ2) is 4.67. The molecule has 0 aliphatic carbocycles. The molecule has 92 valence electrons. The van der Waals surface area contributed by atoms with Gasteiger partial charge in [-0.15, -0.1) is 0 Å². The Balaban J connectivity index is 2.12. The lowest BCUT2D eigenvalue weighted by atomic mass is 10.1. The molecule has 6 nitrogen and oxygen atoms in total. The number of hydrogen-bond donors (Lipinski definition) is 1. The largest absolute Gasteiger partial charge is 0.376 e. The van der Waals surface area contributed by atoms with Crippen LogP contribution in [-0.4, -0.2) is 28.7 Å². The van der Waals surface area contributed by atoms with Crippen molar-refractivity contribution in [2.75, 3.05) is 11.9 Å². The van der Waals surface area contributed by atoms with Gasteiger partial charge < -0.3 is 10.1 Å². The van der Waals surface area contributed by atoms with E-state index in [0.29, 0.717) is 11.4 Å². The lowest BCUT2D eigenvalue weighted by molar-refractivity contribution is -0.385. The fourth-order valence-electron chi connectivity index (χ4n) is 1.93. The van der Waals surface area contributed by atoms with E-state index >= 15 is 0 Å². The second-order valence-electron chi connectivity index (χ2n) is 4.23. The third kappa shape index (κ3) is 2.52. The number of aryl methyl sites for hydroxylation is 1. The number of pyridine rings is 1. The molecular formula is C11H15N3O3. The van der Waals surface area contributed by atoms with E-state index in [9.17, 15) is 10.1 Å². The highest BCUT2D eigenvalue weighted by Crippen LogP contribution is 2.22. The monoisotopic (exact) mass is 237 g/mol. The van der Waals surface area contributed by atoms with Crippen LogP contribution in [0.2, 0.25) is 0 Å². The second-order valence-corrected chi connectivity index (χ2v) is 4.23. The van der Waals surface area contributed by atoms with Crippen molar-refractivity contribution in [1.29, 1.82) is 0 Å². The molecule has 0 radical (unpaired) electrons. The number of rotatable bonds is 3. The van der Waals surface area contributed by atoms with E-state index in [4.69, 9.17) is 4.74 Å². The maximum atomic E-state index is 10.7. The maximum Gasteiger partial charge on any atom is 0.290 e. The molecule has 1 saturated heterocycles. The number of anilines is 1. The van der Waals surface area contributed by atoms with Crippen LogP contribution in [0, 0.1) is 17.0 Å². The van der Waals surface area contributed by atoms with E-state index < -0.39 is 4.92 Å². The molecule has 2 rings (SSSR count). The fourth-order valence-corrected chi connectivity index (χ4v) is 1.93. The average molecular weight is 237 g/mol. The minimum absolute atomic E-state index is 0.0475. The SMILES string of the molecule is Cc1cc(NC2CCOC2C)ncc1[N+](=O)[O-]. The predicted octanol–water partition coefficient (Wildman–Crippen LogP) is 1.89. The van der Waals surface area contributed by atoms with Gasteiger partial charge >= 0.3 is 0 Å². The molecule has 1 aromatic heterocycles. The average Bonchev–Trinajstić information content (AvgIpc) is 2.64. The summed E-state index contributed by atoms with van der Waals surface area (Å²) in [5.74, 6) is 0.662. The van der Waals surface area contributed by atoms with Crippen LogP contribution in [0.4, 0.5) is 11.5 Å². The van der Waals surface area contributed by atoms with E-state index in [-0.39, 0.29) is 17.8 Å². The molecule has 0 aromatic carbocycles. The van der Waals surface area contributed by atoms with Gasteiger partial charge in [-0.05, 0) is 26.3 Å². The number of hydrogen-bond acceptors (Lipinski definition) is 5. The molecule has 0 amide bonds. The Bertz CT molecular complexity index is 436. The molecule has 1 aliphatic rings. The summed E-state index contributed by atoms with van der Waals surface area (Å²) in [6.07, 6.45) is 2.36. The molecule has 1 N–H and O–H groups in total. The fraction of sp³-hybridized carbons (Fsp3) is 0.545. The summed E-state index contributed by atoms with van der Waals surface area (Å²) in [7, 11) is 0. The number of nitrogens with one attached hydrogen (secondary N) is 1. The Morgan fingerprint density at radius 3 is 2.94 bits per heavy atom. The van der Waals surface area contributed by atoms with Gasteiger partial charge in [-0.3, -0.25) is 10.1 Å². The Morgan fingerprint density at radius 1 is 1.65 bits per heavy atom. The third-order valence-corrected chi connectivity index (χ3v) is 2.99. The van der Waals surface area contributed by atoms with Crippen LogP contribution in [0.15, 0.2) is 12.3 Å². The normalized spacial score (nSPS) is 23.6. The number of nitrogens with zero attached hydrogens (tertiary/aromatic N) is 2. The molecule has 2 atom stereocenters. The van der Waals surface area contributed by atoms with Crippen molar-refractivity contribution in [2.24, 2.45) is 0 Å². The number of nitro groups is 1. The van der Waals surface area contributed by atoms with Gasteiger partial charge in [-0.25, -0.2) is 4.98 Å². The molecule has 17 heavy (non-hydrogen) atoms. The standard InChI is InChI=1S/C11H15N3O3/c1-7-5-11(12-6-10(7)14(15)16)13-9-3-4-17-8(9)2/h5-6,8-9H,3-4H2,1-2H3,(H,12,13). The Labute approximate surface area is 99.2 Å². The van der Waals surface area contributed by atoms with E-state index in [1.54, 1.807) is 13.0 Å². The molecule has 0 saturated carbocycles. The van der Waals surface area contributed by atoms with Gasteiger partial charge in [-0.1, -0.05) is 0 Å². The lowest BCUT2D eigenvalue weighted by Crippen LogP contribution is -2.27. The Kier molecular flexibility index (Phi) is 3.23. The van der Waals surface area contributed by atoms with Crippen LogP contribution >= 0.6 is 0 Å². The summed E-state index contributed by atoms with van der Waals surface area (Å²) in [5, 5.41) is 13.9. The molecule has 6 heteroatoms. The van der Waals surface area contributed by atoms with Gasteiger partial charge in [0.2, 0.25) is 0 Å². The molecule has 0 spiro atoms. The molecule has 1 fully saturated rings. The summed E-state index contributed by atoms with van der Waals surface area (Å²) in [6.45, 7) is 4.45. The molecule has 1 aromatic rings. The van der Waals surface area contributed by atoms with E-state index in [2.05, 4.69) is 10.3 Å². The van der Waals surface area contributed by atoms with Crippen molar-refractivity contribution in [3.8, 4) is 0 Å². The summed E-state index contributed by atoms with van der Waals surface area (Å²) in [4.78, 5) is 14.3. The van der Waals surface area contributed by atoms with E-state index in [1.807, 2.05) is 6.92 Å². The Morgan fingerprint density at radius 2 is 2.41 bits per heavy atom. The van der Waals surface area contributed by atoms with Crippen LogP contribution in [0.25, 0.3) is 0 Å². The smallest absolute Gasteiger partial charge is 0.290 e. The van der Waals surface area contributed by atoms with Crippen LogP contribution in [0.3, 0.4) is 0 Å². The van der Waals surface area contributed by atoms with Crippen LogP contribution in [-0.2, 0) is 4.74 Å². The third-order valence-electron chi connectivity index (χ3n) is 2.99. The summed E-state index contributed by atoms with van der Waals surface area (Å²) in [5.41, 5.74) is 0.658. The van der Waals surface area contributed by atoms with Gasteiger partial charge in [0.1, 0.15) is 12.0 Å². The first-order valence-corrected chi connectivity index (χ1v) is 5.57. The maximum absolute atomic E-state index is 10.7. The lowest BCUT2D eigenvalue weighted by Gasteiger charge is -2.16. The first kappa shape index (κ1) is 11.8. The minimum atomic E-state index is -0.423. The summed E-state index contributed by atoms with van der Waals surface area (Å²) >= 11 is 0. The van der Waals surface area contributed by atoms with E-state index in [0.717, 1.165) is 13.0 Å². The van der Waals surface area contributed by atoms with Gasteiger partial charge in [0.15, 0.2) is 0 Å². The van der Waals surface area contributed by atoms with Crippen molar-refractivity contribution in [3.63, 3.8) is 0 Å². The minimum Gasteiger partial charge on any atom is -0.376 e. The molecule has 2 unspecified atom stereocenters. The van der Waals surface area contributed by atoms with Crippen LogP contribution in [0.5, 0.6) is 0 Å². The zero-order valence-electron chi connectivity index (χ0n) is 9.84. The summed E-state index contributed by atoms with van der Waals surface area (Å²) < 4.78 is 5.43. The highest BCUT2D eigenvalue weighted by Gasteiger charge is 2.24. The van der Waals surface area contributed by atoms with Gasteiger partial charge in [-0.2, -0.15) is 0 Å². The molecule has 2 heterocycles. The van der Waals surface area contributed by atoms with Crippen molar-refractivity contribution in [2.45, 2.75) is 32.4 Å². The predicted molar refractivity (Wildman–Crippen MR) is 63.1 cm³/mol. The highest BCUT2D eigenvalue weighted by atomic mass is 16.6. The zero-order chi connectivity index (χ0) is 12.4. The highest BCUT2D eigenvalue weighted by molar-refractivity contribution is 5.47. The first-order valence-electron chi connectivity index (χ1n) is 5.57. The van der Waals surface area contributed by atoms with Gasteiger partial charge in [0.05, 0.1) is 17.1 Å². The Hall–Kier alpha value is -1.69. The van der Waals surface area contributed by atoms with Crippen LogP contribution < -0.4 is 5.32 Å². The van der Waals surface area contributed by atoms with Gasteiger partial charge in [0, 0.05) is 12.2 Å². The summed E-state index contributed by atoms with van der Waals surface area (Å²) in [6, 6.07) is 1.92. The van der Waals surface area contributed by atoms with Crippen molar-refractivity contribution < 1.29 is 9.66 Å². The van der Waals surface area contributed by atoms with Gasteiger partial charge in [0.25, 0.3) is 5.69 Å². The first-order chi connectivity index (χ1) is 8.08. The van der Waals surface area contributed by atoms with Crippen LogP contribution in [0.1, 0.15) is 18.9 Å². The van der Waals surface area contributed by atoms with Crippen molar-refractivity contribution in [1.82, 2.24) is 4.98 Å². The van der Waals surface area contributed by atoms with Crippen molar-refractivity contribution in [3.05, 3.63) is 27.9 Å². The zero-order valence-corrected chi connectivity index (χ0v) is 9.84. The molecule has 0 bridgehead atoms. The number of aromatic nitrogens is 1. The van der Waals surface area contributed by atoms with Crippen molar-refractivity contribution >= 4 is 11.5 Å². The topological polar surface area (TPSA) is 77.3 Å². The number of ether oxygens (including phenoxy) is 1. The molecule has 1 aliphatic heterocycles.